The van der Waals surface area contributed by atoms with Gasteiger partial charge in [0.05, 0.1) is 11.8 Å². The number of imidazole rings is 1. The molecular weight excluding hydrogens is 348 g/mol. The molecule has 2 aliphatic rings. The molecule has 134 valence electrons. The average molecular weight is 368 g/mol. The third kappa shape index (κ3) is 2.76. The maximum absolute atomic E-state index is 11.6. The number of carbonyl (C=O) groups is 1. The molecule has 0 bridgehead atoms. The highest BCUT2D eigenvalue weighted by Gasteiger charge is 2.30. The number of aromatic nitrogens is 3. The maximum atomic E-state index is 11.6. The first kappa shape index (κ1) is 15.8. The van der Waals surface area contributed by atoms with E-state index in [4.69, 9.17) is 4.74 Å². The largest absolute Gasteiger partial charge is 0.488 e. The van der Waals surface area contributed by atoms with E-state index in [1.54, 1.807) is 11.3 Å². The molecule has 1 aromatic carbocycles. The lowest BCUT2D eigenvalue weighted by Crippen LogP contribution is -2.25. The summed E-state index contributed by atoms with van der Waals surface area (Å²) in [6, 6.07) is 4.69. The smallest absolute Gasteiger partial charge is 0.220 e. The molecule has 1 N–H and O–H groups in total. The van der Waals surface area contributed by atoms with E-state index in [2.05, 4.69) is 32.0 Å². The average Bonchev–Trinajstić information content (AvgIpc) is 3.06. The van der Waals surface area contributed by atoms with Crippen molar-refractivity contribution in [3.05, 3.63) is 30.0 Å². The van der Waals surface area contributed by atoms with Crippen LogP contribution in [0.5, 0.6) is 5.75 Å². The van der Waals surface area contributed by atoms with E-state index in [-0.39, 0.29) is 17.9 Å². The Morgan fingerprint density at radius 1 is 1.35 bits per heavy atom. The zero-order chi connectivity index (χ0) is 17.7. The number of fused-ring (bicyclic) bond motifs is 1. The minimum atomic E-state index is -0.0498. The van der Waals surface area contributed by atoms with Crippen LogP contribution in [0.25, 0.3) is 21.6 Å². The summed E-state index contributed by atoms with van der Waals surface area (Å²) in [5, 5.41) is 5.83. The molecule has 7 heteroatoms. The highest BCUT2D eigenvalue weighted by Crippen LogP contribution is 2.41. The molecule has 6 nitrogen and oxygen atoms in total. The number of nitrogens with zero attached hydrogens (tertiary/aromatic N) is 3. The minimum Gasteiger partial charge on any atom is -0.488 e. The molecule has 1 aliphatic carbocycles. The van der Waals surface area contributed by atoms with Crippen molar-refractivity contribution >= 4 is 28.3 Å². The highest BCUT2D eigenvalue weighted by atomic mass is 32.1. The summed E-state index contributed by atoms with van der Waals surface area (Å²) >= 11 is 1.61. The second-order valence-electron chi connectivity index (χ2n) is 7.15. The van der Waals surface area contributed by atoms with E-state index in [0.717, 1.165) is 27.4 Å². The fourth-order valence-electron chi connectivity index (χ4n) is 3.60. The fourth-order valence-corrected chi connectivity index (χ4v) is 4.22. The van der Waals surface area contributed by atoms with Gasteiger partial charge in [-0.15, -0.1) is 11.3 Å². The van der Waals surface area contributed by atoms with Crippen LogP contribution in [0.1, 0.15) is 32.2 Å². The van der Waals surface area contributed by atoms with E-state index >= 15 is 0 Å². The monoisotopic (exact) mass is 368 g/mol. The van der Waals surface area contributed by atoms with Gasteiger partial charge in [-0.2, -0.15) is 0 Å². The van der Waals surface area contributed by atoms with Crippen LogP contribution < -0.4 is 10.1 Å². The van der Waals surface area contributed by atoms with E-state index in [1.807, 2.05) is 24.8 Å². The molecular formula is C19H20N4O2S. The van der Waals surface area contributed by atoms with Gasteiger partial charge >= 0.3 is 0 Å². The van der Waals surface area contributed by atoms with Crippen molar-refractivity contribution in [2.45, 2.75) is 38.3 Å². The number of hydrogen-bond donors (Lipinski definition) is 1. The van der Waals surface area contributed by atoms with Gasteiger partial charge in [0.1, 0.15) is 22.4 Å². The van der Waals surface area contributed by atoms with Crippen LogP contribution in [-0.4, -0.2) is 33.1 Å². The number of amides is 1. The number of ether oxygens (including phenoxy) is 1. The van der Waals surface area contributed by atoms with E-state index in [0.29, 0.717) is 19.0 Å². The van der Waals surface area contributed by atoms with Crippen molar-refractivity contribution in [1.82, 2.24) is 19.9 Å². The summed E-state index contributed by atoms with van der Waals surface area (Å²) in [6.45, 7) is 2.72. The molecule has 1 aliphatic heterocycles. The summed E-state index contributed by atoms with van der Waals surface area (Å²) in [7, 11) is 0. The fraction of sp³-hybridized carbons (Fsp3) is 0.421. The van der Waals surface area contributed by atoms with Crippen LogP contribution in [0, 0.1) is 5.92 Å². The summed E-state index contributed by atoms with van der Waals surface area (Å²) < 4.78 is 8.64. The standard InChI is InChI=1S/C19H20N4O2S/c1-11(13-8-17(24)21-9-13)25-16-7-12(19-20-4-5-26-19)6-15-18(16)23(10-22-15)14-2-3-14/h4-7,10-11,13-14H,2-3,8-9H2,1H3,(H,21,24)/t11-,13?/m1/s1. The van der Waals surface area contributed by atoms with Crippen LogP contribution in [0.4, 0.5) is 0 Å². The molecule has 2 fully saturated rings. The second kappa shape index (κ2) is 6.09. The molecule has 5 rings (SSSR count). The molecule has 1 amide bonds. The van der Waals surface area contributed by atoms with Gasteiger partial charge in [-0.3, -0.25) is 4.79 Å². The Hall–Kier alpha value is -2.41. The van der Waals surface area contributed by atoms with Crippen molar-refractivity contribution in [3.8, 4) is 16.3 Å². The van der Waals surface area contributed by atoms with Gasteiger partial charge in [0, 0.05) is 42.1 Å². The van der Waals surface area contributed by atoms with Crippen molar-refractivity contribution < 1.29 is 9.53 Å². The molecule has 1 saturated carbocycles. The van der Waals surface area contributed by atoms with Crippen molar-refractivity contribution in [3.63, 3.8) is 0 Å². The third-order valence-corrected chi connectivity index (χ3v) is 6.06. The summed E-state index contributed by atoms with van der Waals surface area (Å²) in [5.41, 5.74) is 3.01. The Morgan fingerprint density at radius 3 is 2.92 bits per heavy atom. The Labute approximate surface area is 155 Å². The summed E-state index contributed by atoms with van der Waals surface area (Å²) in [6.07, 6.45) is 6.59. The highest BCUT2D eigenvalue weighted by molar-refractivity contribution is 7.13. The van der Waals surface area contributed by atoms with E-state index in [9.17, 15) is 4.79 Å². The van der Waals surface area contributed by atoms with Gasteiger partial charge in [0.15, 0.2) is 0 Å². The van der Waals surface area contributed by atoms with Crippen molar-refractivity contribution in [2.75, 3.05) is 6.54 Å². The number of thiazole rings is 1. The Morgan fingerprint density at radius 2 is 2.23 bits per heavy atom. The number of carbonyl (C=O) groups excluding carboxylic acids is 1. The predicted octanol–water partition coefficient (Wildman–Crippen LogP) is 3.40. The van der Waals surface area contributed by atoms with Crippen LogP contribution in [0.15, 0.2) is 30.0 Å². The SMILES string of the molecule is C[C@@H](Oc1cc(-c2nccs2)cc2ncn(C3CC3)c12)C1CNC(=O)C1. The van der Waals surface area contributed by atoms with Crippen molar-refractivity contribution in [2.24, 2.45) is 5.92 Å². The lowest BCUT2D eigenvalue weighted by Gasteiger charge is -2.21. The molecule has 26 heavy (non-hydrogen) atoms. The molecule has 3 aromatic rings. The molecule has 2 atom stereocenters. The maximum Gasteiger partial charge on any atom is 0.220 e. The Balaban J connectivity index is 1.56. The van der Waals surface area contributed by atoms with Gasteiger partial charge in [0.2, 0.25) is 5.91 Å². The summed E-state index contributed by atoms with van der Waals surface area (Å²) in [5.74, 6) is 1.14. The number of benzene rings is 1. The van der Waals surface area contributed by atoms with Crippen molar-refractivity contribution in [1.29, 1.82) is 0 Å². The minimum absolute atomic E-state index is 0.0498. The Bertz CT molecular complexity index is 961. The van der Waals surface area contributed by atoms with Gasteiger partial charge in [-0.1, -0.05) is 0 Å². The van der Waals surface area contributed by atoms with Crippen LogP contribution in [0.2, 0.25) is 0 Å². The van der Waals surface area contributed by atoms with Crippen LogP contribution in [-0.2, 0) is 4.79 Å². The lowest BCUT2D eigenvalue weighted by molar-refractivity contribution is -0.119. The molecule has 1 saturated heterocycles. The topological polar surface area (TPSA) is 69.0 Å². The van der Waals surface area contributed by atoms with Gasteiger partial charge < -0.3 is 14.6 Å². The third-order valence-electron chi connectivity index (χ3n) is 5.24. The molecule has 0 spiro atoms. The van der Waals surface area contributed by atoms with Gasteiger partial charge in [-0.25, -0.2) is 9.97 Å². The van der Waals surface area contributed by atoms with E-state index < -0.39 is 0 Å². The normalized spacial score (nSPS) is 21.1. The predicted molar refractivity (Wildman–Crippen MR) is 100 cm³/mol. The molecule has 2 aromatic heterocycles. The second-order valence-corrected chi connectivity index (χ2v) is 8.05. The van der Waals surface area contributed by atoms with Gasteiger partial charge in [0.25, 0.3) is 0 Å². The Kier molecular flexibility index (Phi) is 3.70. The van der Waals surface area contributed by atoms with Crippen LogP contribution >= 0.6 is 11.3 Å². The first-order valence-electron chi connectivity index (χ1n) is 9.03. The van der Waals surface area contributed by atoms with Gasteiger partial charge in [-0.05, 0) is 31.9 Å². The quantitative estimate of drug-likeness (QED) is 0.749. The molecule has 0 radical (unpaired) electrons. The number of rotatable bonds is 5. The van der Waals surface area contributed by atoms with E-state index in [1.165, 1.54) is 12.8 Å². The first-order chi connectivity index (χ1) is 12.7. The molecule has 1 unspecified atom stereocenters. The number of hydrogen-bond acceptors (Lipinski definition) is 5. The first-order valence-corrected chi connectivity index (χ1v) is 9.91. The molecule has 3 heterocycles. The zero-order valence-corrected chi connectivity index (χ0v) is 15.3. The number of nitrogens with one attached hydrogen (secondary N) is 1. The van der Waals surface area contributed by atoms with Crippen LogP contribution in [0.3, 0.4) is 0 Å². The summed E-state index contributed by atoms with van der Waals surface area (Å²) in [4.78, 5) is 20.6. The zero-order valence-electron chi connectivity index (χ0n) is 14.5. The lowest BCUT2D eigenvalue weighted by atomic mass is 10.0.